The van der Waals surface area contributed by atoms with Crippen molar-refractivity contribution in [1.29, 1.82) is 0 Å². The molecule has 0 amide bonds. The van der Waals surface area contributed by atoms with Gasteiger partial charge in [0.15, 0.2) is 5.15 Å². The highest BCUT2D eigenvalue weighted by Crippen LogP contribution is 2.37. The molecule has 0 saturated heterocycles. The van der Waals surface area contributed by atoms with E-state index in [9.17, 15) is 0 Å². The van der Waals surface area contributed by atoms with Gasteiger partial charge in [-0.1, -0.05) is 34.8 Å². The van der Waals surface area contributed by atoms with Crippen LogP contribution in [0.3, 0.4) is 0 Å². The second-order valence-corrected chi connectivity index (χ2v) is 5.15. The van der Waals surface area contributed by atoms with Gasteiger partial charge in [-0.25, -0.2) is 0 Å². The minimum absolute atomic E-state index is 0.353. The molecule has 2 rings (SSSR count). The Morgan fingerprint density at radius 2 is 1.86 bits per heavy atom. The molecule has 0 aliphatic rings. The number of hydrogen-bond donors (Lipinski definition) is 0. The third-order valence-electron chi connectivity index (χ3n) is 1.56. The van der Waals surface area contributed by atoms with Gasteiger partial charge in [-0.15, -0.1) is 21.5 Å². The van der Waals surface area contributed by atoms with Gasteiger partial charge >= 0.3 is 0 Å². The number of halogens is 3. The molecule has 0 fully saturated rings. The van der Waals surface area contributed by atoms with Crippen LogP contribution in [-0.4, -0.2) is 10.2 Å². The predicted octanol–water partition coefficient (Wildman–Crippen LogP) is 4.17. The van der Waals surface area contributed by atoms with Gasteiger partial charge in [-0.3, -0.25) is 0 Å². The van der Waals surface area contributed by atoms with Gasteiger partial charge in [0, 0.05) is 5.56 Å². The summed E-state index contributed by atoms with van der Waals surface area (Å²) >= 11 is 18.7. The topological polar surface area (TPSA) is 25.8 Å². The van der Waals surface area contributed by atoms with Crippen molar-refractivity contribution in [3.8, 4) is 11.3 Å². The van der Waals surface area contributed by atoms with E-state index in [4.69, 9.17) is 34.8 Å². The van der Waals surface area contributed by atoms with Crippen molar-refractivity contribution in [2.24, 2.45) is 0 Å². The van der Waals surface area contributed by atoms with E-state index in [0.29, 0.717) is 19.5 Å². The fourth-order valence-corrected chi connectivity index (χ4v) is 2.56. The number of thiophene rings is 1. The summed E-state index contributed by atoms with van der Waals surface area (Å²) in [6.07, 6.45) is 0. The van der Waals surface area contributed by atoms with Crippen molar-refractivity contribution in [2.75, 3.05) is 0 Å². The van der Waals surface area contributed by atoms with Gasteiger partial charge in [0.05, 0.1) is 10.0 Å². The maximum absolute atomic E-state index is 5.95. The molecule has 14 heavy (non-hydrogen) atoms. The zero-order valence-electron chi connectivity index (χ0n) is 6.67. The van der Waals surface area contributed by atoms with Crippen molar-refractivity contribution >= 4 is 46.1 Å². The summed E-state index contributed by atoms with van der Waals surface area (Å²) in [5.41, 5.74) is 1.45. The highest BCUT2D eigenvalue weighted by molar-refractivity contribution is 7.20. The number of rotatable bonds is 1. The molecule has 0 unspecified atom stereocenters. The fourth-order valence-electron chi connectivity index (χ4n) is 0.975. The number of hydrogen-bond acceptors (Lipinski definition) is 3. The Kier molecular flexibility index (Phi) is 2.93. The highest BCUT2D eigenvalue weighted by atomic mass is 35.5. The van der Waals surface area contributed by atoms with E-state index in [1.54, 1.807) is 18.2 Å². The Hall–Kier alpha value is -0.350. The predicted molar refractivity (Wildman–Crippen MR) is 60.4 cm³/mol. The largest absolute Gasteiger partial charge is 0.151 e. The van der Waals surface area contributed by atoms with Crippen molar-refractivity contribution in [3.05, 3.63) is 32.0 Å². The lowest BCUT2D eigenvalue weighted by Gasteiger charge is -1.95. The van der Waals surface area contributed by atoms with E-state index in [1.165, 1.54) is 11.3 Å². The molecular formula is C8H3Cl3N2S. The first-order chi connectivity index (χ1) is 6.66. The summed E-state index contributed by atoms with van der Waals surface area (Å²) in [6.45, 7) is 0. The molecule has 0 saturated carbocycles. The monoisotopic (exact) mass is 264 g/mol. The molecular weight excluding hydrogens is 263 g/mol. The summed E-state index contributed by atoms with van der Waals surface area (Å²) in [7, 11) is 0. The minimum Gasteiger partial charge on any atom is -0.149 e. The van der Waals surface area contributed by atoms with Gasteiger partial charge in [0.2, 0.25) is 0 Å². The summed E-state index contributed by atoms with van der Waals surface area (Å²) < 4.78 is 1.23. The first-order valence-electron chi connectivity index (χ1n) is 3.61. The SMILES string of the molecule is Clc1ccc(-c2cc(Cl)sc2Cl)nn1. The lowest BCUT2D eigenvalue weighted by molar-refractivity contribution is 1.04. The van der Waals surface area contributed by atoms with E-state index < -0.39 is 0 Å². The third-order valence-corrected chi connectivity index (χ3v) is 3.25. The molecule has 6 heteroatoms. The lowest BCUT2D eigenvalue weighted by atomic mass is 10.2. The Morgan fingerprint density at radius 3 is 2.36 bits per heavy atom. The van der Waals surface area contributed by atoms with Crippen LogP contribution in [0.2, 0.25) is 13.8 Å². The average Bonchev–Trinajstić information content (AvgIpc) is 2.47. The maximum Gasteiger partial charge on any atom is 0.151 e. The van der Waals surface area contributed by atoms with Crippen LogP contribution in [-0.2, 0) is 0 Å². The van der Waals surface area contributed by atoms with Crippen LogP contribution < -0.4 is 0 Å². The highest BCUT2D eigenvalue weighted by Gasteiger charge is 2.09. The second-order valence-electron chi connectivity index (χ2n) is 2.48. The summed E-state index contributed by atoms with van der Waals surface area (Å²) in [6, 6.07) is 5.16. The standard InChI is InChI=1S/C8H3Cl3N2S/c9-6-2-1-5(12-13-6)4-3-7(10)14-8(4)11/h1-3H. The molecule has 0 radical (unpaired) electrons. The van der Waals surface area contributed by atoms with Crippen LogP contribution in [0.25, 0.3) is 11.3 Å². The van der Waals surface area contributed by atoms with Crippen molar-refractivity contribution < 1.29 is 0 Å². The summed E-state index contributed by atoms with van der Waals surface area (Å²) in [5, 5.41) is 7.98. The normalized spacial score (nSPS) is 10.5. The smallest absolute Gasteiger partial charge is 0.149 e. The fraction of sp³-hybridized carbons (Fsp3) is 0. The third kappa shape index (κ3) is 2.01. The minimum atomic E-state index is 0.353. The summed E-state index contributed by atoms with van der Waals surface area (Å²) in [4.78, 5) is 0. The van der Waals surface area contributed by atoms with Crippen molar-refractivity contribution in [2.45, 2.75) is 0 Å². The zero-order valence-corrected chi connectivity index (χ0v) is 9.75. The molecule has 0 aliphatic carbocycles. The lowest BCUT2D eigenvalue weighted by Crippen LogP contribution is -1.85. The Balaban J connectivity index is 2.49. The van der Waals surface area contributed by atoms with Gasteiger partial charge in [-0.05, 0) is 18.2 Å². The van der Waals surface area contributed by atoms with Crippen LogP contribution in [0.5, 0.6) is 0 Å². The number of nitrogens with zero attached hydrogens (tertiary/aromatic N) is 2. The van der Waals surface area contributed by atoms with Gasteiger partial charge in [0.1, 0.15) is 4.34 Å². The van der Waals surface area contributed by atoms with Crippen LogP contribution >= 0.6 is 46.1 Å². The average molecular weight is 266 g/mol. The molecule has 2 heterocycles. The van der Waals surface area contributed by atoms with Crippen LogP contribution in [0.1, 0.15) is 0 Å². The first kappa shape index (κ1) is 10.2. The molecule has 0 N–H and O–H groups in total. The molecule has 2 aromatic heterocycles. The molecule has 0 spiro atoms. The molecule has 2 nitrogen and oxygen atoms in total. The molecule has 72 valence electrons. The quantitative estimate of drug-likeness (QED) is 0.773. The maximum atomic E-state index is 5.95. The first-order valence-corrected chi connectivity index (χ1v) is 5.56. The van der Waals surface area contributed by atoms with Crippen LogP contribution in [0, 0.1) is 0 Å². The van der Waals surface area contributed by atoms with Crippen LogP contribution in [0.15, 0.2) is 18.2 Å². The van der Waals surface area contributed by atoms with E-state index >= 15 is 0 Å². The van der Waals surface area contributed by atoms with Gasteiger partial charge < -0.3 is 0 Å². The van der Waals surface area contributed by atoms with E-state index in [2.05, 4.69) is 10.2 Å². The molecule has 0 aromatic carbocycles. The van der Waals surface area contributed by atoms with E-state index in [0.717, 1.165) is 5.56 Å². The molecule has 0 aliphatic heterocycles. The Morgan fingerprint density at radius 1 is 1.07 bits per heavy atom. The van der Waals surface area contributed by atoms with E-state index in [-0.39, 0.29) is 0 Å². The second kappa shape index (κ2) is 4.03. The zero-order chi connectivity index (χ0) is 10.1. The Bertz CT molecular complexity index is 452. The van der Waals surface area contributed by atoms with Crippen molar-refractivity contribution in [1.82, 2.24) is 10.2 Å². The molecule has 0 atom stereocenters. The van der Waals surface area contributed by atoms with Crippen LogP contribution in [0.4, 0.5) is 0 Å². The summed E-state index contributed by atoms with van der Waals surface area (Å²) in [5.74, 6) is 0. The molecule has 2 aromatic rings. The Labute approximate surface area is 99.4 Å². The molecule has 0 bridgehead atoms. The van der Waals surface area contributed by atoms with Crippen molar-refractivity contribution in [3.63, 3.8) is 0 Å². The number of aromatic nitrogens is 2. The van der Waals surface area contributed by atoms with Gasteiger partial charge in [-0.2, -0.15) is 0 Å². The van der Waals surface area contributed by atoms with E-state index in [1.807, 2.05) is 0 Å². The van der Waals surface area contributed by atoms with Gasteiger partial charge in [0.25, 0.3) is 0 Å².